The highest BCUT2D eigenvalue weighted by molar-refractivity contribution is 6.32. The van der Waals surface area contributed by atoms with Crippen LogP contribution >= 0.6 is 11.6 Å². The third-order valence-corrected chi connectivity index (χ3v) is 2.70. The van der Waals surface area contributed by atoms with E-state index in [1.165, 1.54) is 0 Å². The van der Waals surface area contributed by atoms with Crippen molar-refractivity contribution in [1.82, 2.24) is 5.32 Å². The van der Waals surface area contributed by atoms with E-state index in [1.54, 1.807) is 0 Å². The number of nitrogens with two attached hydrogens (primary N) is 1. The number of halogens is 1. The molecule has 17 heavy (non-hydrogen) atoms. The highest BCUT2D eigenvalue weighted by Crippen LogP contribution is 2.23. The summed E-state index contributed by atoms with van der Waals surface area (Å²) in [6.07, 6.45) is 0. The van der Waals surface area contributed by atoms with Gasteiger partial charge in [0.25, 0.3) is 0 Å². The van der Waals surface area contributed by atoms with Gasteiger partial charge in [0.2, 0.25) is 5.91 Å². The van der Waals surface area contributed by atoms with E-state index in [4.69, 9.17) is 17.3 Å². The lowest BCUT2D eigenvalue weighted by atomic mass is 10.1. The van der Waals surface area contributed by atoms with Gasteiger partial charge in [-0.15, -0.1) is 11.6 Å². The minimum atomic E-state index is -0.762. The van der Waals surface area contributed by atoms with Crippen LogP contribution in [0.1, 0.15) is 23.4 Å². The Morgan fingerprint density at radius 2 is 2.18 bits per heavy atom. The van der Waals surface area contributed by atoms with Crippen LogP contribution in [-0.2, 0) is 4.79 Å². The molecule has 1 unspecified atom stereocenters. The molecule has 92 valence electrons. The van der Waals surface area contributed by atoms with Crippen molar-refractivity contribution in [2.75, 3.05) is 6.54 Å². The highest BCUT2D eigenvalue weighted by Gasteiger charge is 2.19. The molecule has 5 heteroatoms. The Morgan fingerprint density at radius 3 is 2.76 bits per heavy atom. The maximum Gasteiger partial charge on any atom is 0.249 e. The van der Waals surface area contributed by atoms with Gasteiger partial charge >= 0.3 is 0 Å². The summed E-state index contributed by atoms with van der Waals surface area (Å²) in [7, 11) is 0. The number of guanidine groups is 1. The molecule has 0 aromatic heterocycles. The van der Waals surface area contributed by atoms with Gasteiger partial charge in [0.1, 0.15) is 5.38 Å². The molecule has 4 nitrogen and oxygen atoms in total. The fraction of sp³-hybridized carbons (Fsp3) is 0.333. The Balaban J connectivity index is 2.77. The van der Waals surface area contributed by atoms with E-state index in [9.17, 15) is 4.79 Å². The van der Waals surface area contributed by atoms with Crippen LogP contribution in [0.25, 0.3) is 0 Å². The van der Waals surface area contributed by atoms with Gasteiger partial charge in [-0.25, -0.2) is 0 Å². The summed E-state index contributed by atoms with van der Waals surface area (Å²) in [5, 5.41) is 1.70. The zero-order valence-corrected chi connectivity index (χ0v) is 10.7. The molecule has 1 amide bonds. The van der Waals surface area contributed by atoms with Crippen LogP contribution in [-0.4, -0.2) is 18.4 Å². The number of aliphatic imine (C=N–C) groups is 1. The van der Waals surface area contributed by atoms with E-state index in [-0.39, 0.29) is 11.9 Å². The van der Waals surface area contributed by atoms with Crippen molar-refractivity contribution in [3.63, 3.8) is 0 Å². The Labute approximate surface area is 106 Å². The number of carbonyl (C=O) groups excluding carboxylic acids is 1. The maximum atomic E-state index is 11.8. The number of hydrogen-bond acceptors (Lipinski definition) is 2. The Bertz CT molecular complexity index is 432. The predicted molar refractivity (Wildman–Crippen MR) is 70.1 cm³/mol. The average molecular weight is 254 g/mol. The van der Waals surface area contributed by atoms with Crippen molar-refractivity contribution in [3.8, 4) is 0 Å². The fourth-order valence-electron chi connectivity index (χ4n) is 1.41. The lowest BCUT2D eigenvalue weighted by Gasteiger charge is -2.12. The number of benzene rings is 1. The van der Waals surface area contributed by atoms with Crippen molar-refractivity contribution in [1.29, 1.82) is 0 Å². The van der Waals surface area contributed by atoms with Gasteiger partial charge in [-0.2, -0.15) is 0 Å². The van der Waals surface area contributed by atoms with Crippen molar-refractivity contribution < 1.29 is 4.79 Å². The molecule has 0 radical (unpaired) electrons. The summed E-state index contributed by atoms with van der Waals surface area (Å²) < 4.78 is 0. The van der Waals surface area contributed by atoms with E-state index in [2.05, 4.69) is 10.3 Å². The third kappa shape index (κ3) is 3.75. The molecule has 0 aliphatic heterocycles. The van der Waals surface area contributed by atoms with Crippen molar-refractivity contribution >= 4 is 23.5 Å². The molecule has 0 spiro atoms. The number of aryl methyl sites for hydroxylation is 1. The second-order valence-corrected chi connectivity index (χ2v) is 4.00. The molecule has 0 aliphatic carbocycles. The molecule has 0 saturated heterocycles. The van der Waals surface area contributed by atoms with E-state index in [0.29, 0.717) is 6.54 Å². The minimum Gasteiger partial charge on any atom is -0.370 e. The quantitative estimate of drug-likeness (QED) is 0.489. The zero-order chi connectivity index (χ0) is 12.8. The fourth-order valence-corrected chi connectivity index (χ4v) is 1.71. The van der Waals surface area contributed by atoms with Gasteiger partial charge in [0.15, 0.2) is 5.96 Å². The van der Waals surface area contributed by atoms with Crippen molar-refractivity contribution in [2.24, 2.45) is 10.7 Å². The molecular weight excluding hydrogens is 238 g/mol. The summed E-state index contributed by atoms with van der Waals surface area (Å²) in [6, 6.07) is 7.46. The number of nitrogens with one attached hydrogen (secondary N) is 1. The highest BCUT2D eigenvalue weighted by atomic mass is 35.5. The number of amides is 1. The third-order valence-electron chi connectivity index (χ3n) is 2.27. The molecule has 1 aromatic rings. The molecular formula is C12H16ClN3O. The summed E-state index contributed by atoms with van der Waals surface area (Å²) in [5.41, 5.74) is 7.24. The first-order valence-corrected chi connectivity index (χ1v) is 5.80. The Morgan fingerprint density at radius 1 is 1.53 bits per heavy atom. The second kappa shape index (κ2) is 6.25. The van der Waals surface area contributed by atoms with Crippen LogP contribution in [0.3, 0.4) is 0 Å². The molecule has 0 aliphatic rings. The predicted octanol–water partition coefficient (Wildman–Crippen LogP) is 1.73. The van der Waals surface area contributed by atoms with Gasteiger partial charge in [-0.05, 0) is 25.0 Å². The Kier molecular flexibility index (Phi) is 4.97. The van der Waals surface area contributed by atoms with Crippen molar-refractivity contribution in [2.45, 2.75) is 19.2 Å². The number of hydrogen-bond donors (Lipinski definition) is 2. The molecule has 0 saturated carbocycles. The monoisotopic (exact) mass is 253 g/mol. The second-order valence-electron chi connectivity index (χ2n) is 3.57. The summed E-state index contributed by atoms with van der Waals surface area (Å²) in [5.74, 6) is -0.271. The van der Waals surface area contributed by atoms with Gasteiger partial charge in [0.05, 0.1) is 0 Å². The largest absolute Gasteiger partial charge is 0.370 e. The van der Waals surface area contributed by atoms with Crippen LogP contribution in [0.15, 0.2) is 29.3 Å². The average Bonchev–Trinajstić information content (AvgIpc) is 2.29. The van der Waals surface area contributed by atoms with E-state index < -0.39 is 5.38 Å². The number of carbonyl (C=O) groups is 1. The first-order chi connectivity index (χ1) is 8.06. The van der Waals surface area contributed by atoms with Gasteiger partial charge in [0, 0.05) is 6.54 Å². The lowest BCUT2D eigenvalue weighted by Crippen LogP contribution is -2.38. The standard InChI is InChI=1S/C12H16ClN3O/c1-3-15-12(14)16-11(17)10(13)9-7-5-4-6-8(9)2/h4-7,10H,3H2,1-2H3,(H3,14,15,16,17). The van der Waals surface area contributed by atoms with E-state index in [1.807, 2.05) is 38.1 Å². The van der Waals surface area contributed by atoms with Gasteiger partial charge in [-0.3, -0.25) is 15.1 Å². The summed E-state index contributed by atoms with van der Waals surface area (Å²) in [4.78, 5) is 15.6. The smallest absolute Gasteiger partial charge is 0.249 e. The SMILES string of the molecule is CCN=C(N)NC(=O)C(Cl)c1ccccc1C. The molecule has 1 rings (SSSR count). The lowest BCUT2D eigenvalue weighted by molar-refractivity contribution is -0.119. The van der Waals surface area contributed by atoms with E-state index >= 15 is 0 Å². The number of rotatable bonds is 3. The topological polar surface area (TPSA) is 67.5 Å². The van der Waals surface area contributed by atoms with Crippen LogP contribution in [0.2, 0.25) is 0 Å². The molecule has 0 fully saturated rings. The van der Waals surface area contributed by atoms with Crippen LogP contribution in [0.5, 0.6) is 0 Å². The molecule has 1 atom stereocenters. The molecule has 0 heterocycles. The first kappa shape index (κ1) is 13.5. The molecule has 3 N–H and O–H groups in total. The maximum absolute atomic E-state index is 11.8. The van der Waals surface area contributed by atoms with E-state index in [0.717, 1.165) is 11.1 Å². The Hall–Kier alpha value is -1.55. The van der Waals surface area contributed by atoms with Crippen LogP contribution in [0.4, 0.5) is 0 Å². The number of alkyl halides is 1. The summed E-state index contributed by atoms with van der Waals surface area (Å²) in [6.45, 7) is 4.25. The van der Waals surface area contributed by atoms with Crippen molar-refractivity contribution in [3.05, 3.63) is 35.4 Å². The zero-order valence-electron chi connectivity index (χ0n) is 9.90. The first-order valence-electron chi connectivity index (χ1n) is 5.36. The normalized spacial score (nSPS) is 13.2. The summed E-state index contributed by atoms with van der Waals surface area (Å²) >= 11 is 6.08. The molecule has 1 aromatic carbocycles. The van der Waals surface area contributed by atoms with Crippen LogP contribution < -0.4 is 11.1 Å². The number of nitrogens with zero attached hydrogens (tertiary/aromatic N) is 1. The van der Waals surface area contributed by atoms with Crippen LogP contribution in [0, 0.1) is 6.92 Å². The molecule has 0 bridgehead atoms. The van der Waals surface area contributed by atoms with Gasteiger partial charge in [-0.1, -0.05) is 24.3 Å². The van der Waals surface area contributed by atoms with Gasteiger partial charge < -0.3 is 5.73 Å². The minimum absolute atomic E-state index is 0.0942.